The molecule has 230 valence electrons. The first-order valence-corrected chi connectivity index (χ1v) is 15.8. The molecule has 3 aliphatic heterocycles. The minimum absolute atomic E-state index is 0.0132. The van der Waals surface area contributed by atoms with E-state index in [1.54, 1.807) is 13.0 Å². The summed E-state index contributed by atoms with van der Waals surface area (Å²) in [4.78, 5) is 13.2. The van der Waals surface area contributed by atoms with Gasteiger partial charge in [0.1, 0.15) is 41.0 Å². The zero-order valence-corrected chi connectivity index (χ0v) is 25.5. The van der Waals surface area contributed by atoms with Crippen LogP contribution in [0.15, 0.2) is 18.2 Å². The number of halogens is 4. The van der Waals surface area contributed by atoms with Crippen LogP contribution >= 0.6 is 22.9 Å². The van der Waals surface area contributed by atoms with Gasteiger partial charge in [0.2, 0.25) is 0 Å². The zero-order chi connectivity index (χ0) is 31.0. The maximum Gasteiger partial charge on any atom is 0.319 e. The van der Waals surface area contributed by atoms with Crippen LogP contribution in [0.4, 0.5) is 24.0 Å². The summed E-state index contributed by atoms with van der Waals surface area (Å²) in [6, 6.07) is 6.06. The molecule has 0 unspecified atom stereocenters. The highest BCUT2D eigenvalue weighted by atomic mass is 35.5. The number of rotatable bonds is 5. The molecule has 3 fully saturated rings. The van der Waals surface area contributed by atoms with Gasteiger partial charge in [-0.25, -0.2) is 13.2 Å². The summed E-state index contributed by atoms with van der Waals surface area (Å²) in [5.41, 5.74) is 4.68. The number of nitrogen functional groups attached to an aromatic ring is 1. The lowest BCUT2D eigenvalue weighted by molar-refractivity contribution is 0.0447. The standard InChI is InChI=1S/C31H30ClF3N6O2S/c1-30(42)6-2-8-40(14-30)28-18-10-20(32)23(17-4-5-21(34)26-22(17)19(12-36)27(37)44-26)24(35)25(18)38-29(39-28)43-15-31-7-3-9-41(31)13-16(33)11-31/h4-5,10,16,42H,2-3,6-9,11,13-15,37H2,1H3/t16-,30-,31+/m1/s1. The Labute approximate surface area is 260 Å². The molecule has 4 aromatic rings. The van der Waals surface area contributed by atoms with Gasteiger partial charge in [-0.15, -0.1) is 11.3 Å². The number of anilines is 2. The van der Waals surface area contributed by atoms with Crippen LogP contribution in [0.25, 0.3) is 32.1 Å². The van der Waals surface area contributed by atoms with Gasteiger partial charge in [0, 0.05) is 42.4 Å². The molecule has 5 heterocycles. The topological polar surface area (TPSA) is 112 Å². The lowest BCUT2D eigenvalue weighted by atomic mass is 9.94. The van der Waals surface area contributed by atoms with Crippen molar-refractivity contribution in [2.75, 3.05) is 43.4 Å². The Morgan fingerprint density at radius 2 is 2.05 bits per heavy atom. The average molecular weight is 643 g/mol. The summed E-state index contributed by atoms with van der Waals surface area (Å²) in [5, 5.41) is 21.3. The fraction of sp³-hybridized carbons (Fsp3) is 0.452. The number of thiophene rings is 1. The lowest BCUT2D eigenvalue weighted by Gasteiger charge is -2.38. The molecule has 2 aromatic heterocycles. The Morgan fingerprint density at radius 3 is 2.82 bits per heavy atom. The normalized spacial score (nSPS) is 25.6. The van der Waals surface area contributed by atoms with E-state index in [-0.39, 0.29) is 61.5 Å². The molecule has 3 atom stereocenters. The molecule has 0 saturated carbocycles. The summed E-state index contributed by atoms with van der Waals surface area (Å²) in [6.07, 6.45) is 2.40. The fourth-order valence-electron chi connectivity index (χ4n) is 7.27. The summed E-state index contributed by atoms with van der Waals surface area (Å²) >= 11 is 7.68. The van der Waals surface area contributed by atoms with Crippen LogP contribution in [0.5, 0.6) is 6.01 Å². The number of hydrogen-bond donors (Lipinski definition) is 2. The first kappa shape index (κ1) is 29.3. The highest BCUT2D eigenvalue weighted by molar-refractivity contribution is 7.23. The van der Waals surface area contributed by atoms with Crippen LogP contribution in [0, 0.1) is 23.0 Å². The van der Waals surface area contributed by atoms with Gasteiger partial charge >= 0.3 is 6.01 Å². The van der Waals surface area contributed by atoms with E-state index in [9.17, 15) is 19.1 Å². The van der Waals surface area contributed by atoms with Crippen molar-refractivity contribution >= 4 is 54.7 Å². The van der Waals surface area contributed by atoms with Crippen molar-refractivity contribution in [1.82, 2.24) is 14.9 Å². The number of piperidine rings is 1. The molecule has 0 bridgehead atoms. The number of β-amino-alcohol motifs (C(OH)–C–C–N with tert-alkyl or cyclic N) is 1. The number of aliphatic hydroxyl groups is 1. The van der Waals surface area contributed by atoms with Crippen LogP contribution in [0.3, 0.4) is 0 Å². The summed E-state index contributed by atoms with van der Waals surface area (Å²) in [6.45, 7) is 3.84. The monoisotopic (exact) mass is 642 g/mol. The van der Waals surface area contributed by atoms with Crippen LogP contribution in [-0.2, 0) is 0 Å². The molecule has 13 heteroatoms. The second-order valence-electron chi connectivity index (χ2n) is 12.4. The molecule has 0 amide bonds. The van der Waals surface area contributed by atoms with Gasteiger partial charge in [-0.2, -0.15) is 15.2 Å². The number of nitrogens with zero attached hydrogens (tertiary/aromatic N) is 5. The molecule has 8 nitrogen and oxygen atoms in total. The largest absolute Gasteiger partial charge is 0.461 e. The van der Waals surface area contributed by atoms with Crippen LogP contribution in [-0.4, -0.2) is 70.1 Å². The number of nitrogens with two attached hydrogens (primary N) is 1. The second kappa shape index (κ2) is 10.6. The molecule has 0 radical (unpaired) electrons. The van der Waals surface area contributed by atoms with Gasteiger partial charge < -0.3 is 20.5 Å². The van der Waals surface area contributed by atoms with Crippen molar-refractivity contribution in [2.24, 2.45) is 0 Å². The van der Waals surface area contributed by atoms with Crippen LogP contribution < -0.4 is 15.4 Å². The summed E-state index contributed by atoms with van der Waals surface area (Å²) in [5.74, 6) is -1.02. The SMILES string of the molecule is C[C@@]1(O)CCCN(c2nc(OC[C@@]34CCCN3C[C@H](F)C4)nc3c(F)c(-c4ccc(F)c5sc(N)c(C#N)c45)c(Cl)cc23)C1. The first-order chi connectivity index (χ1) is 21.0. The highest BCUT2D eigenvalue weighted by Gasteiger charge is 2.49. The van der Waals surface area contributed by atoms with Crippen molar-refractivity contribution in [1.29, 1.82) is 5.26 Å². The van der Waals surface area contributed by atoms with E-state index < -0.39 is 28.9 Å². The van der Waals surface area contributed by atoms with Gasteiger partial charge in [-0.3, -0.25) is 4.90 Å². The number of aromatic nitrogens is 2. The number of alkyl halides is 1. The molecule has 0 aliphatic carbocycles. The quantitative estimate of drug-likeness (QED) is 0.265. The number of benzene rings is 2. The average Bonchev–Trinajstić information content (AvgIpc) is 3.62. The van der Waals surface area contributed by atoms with E-state index >= 15 is 4.39 Å². The van der Waals surface area contributed by atoms with Crippen LogP contribution in [0.2, 0.25) is 5.02 Å². The molecule has 0 spiro atoms. The maximum atomic E-state index is 16.8. The third kappa shape index (κ3) is 4.72. The highest BCUT2D eigenvalue weighted by Crippen LogP contribution is 2.46. The van der Waals surface area contributed by atoms with Crippen molar-refractivity contribution < 1.29 is 23.0 Å². The number of ether oxygens (including phenoxy) is 1. The number of hydrogen-bond acceptors (Lipinski definition) is 9. The lowest BCUT2D eigenvalue weighted by Crippen LogP contribution is -2.46. The summed E-state index contributed by atoms with van der Waals surface area (Å²) in [7, 11) is 0. The molecule has 44 heavy (non-hydrogen) atoms. The Balaban J connectivity index is 1.40. The van der Waals surface area contributed by atoms with Crippen molar-refractivity contribution in [3.05, 3.63) is 40.4 Å². The van der Waals surface area contributed by atoms with Gasteiger partial charge in [0.15, 0.2) is 5.82 Å². The van der Waals surface area contributed by atoms with E-state index in [4.69, 9.17) is 27.1 Å². The minimum atomic E-state index is -0.992. The molecule has 3 saturated heterocycles. The minimum Gasteiger partial charge on any atom is -0.461 e. The van der Waals surface area contributed by atoms with E-state index in [2.05, 4.69) is 9.88 Å². The second-order valence-corrected chi connectivity index (χ2v) is 13.9. The Hall–Kier alpha value is -3.37. The van der Waals surface area contributed by atoms with E-state index in [0.717, 1.165) is 30.7 Å². The van der Waals surface area contributed by atoms with Crippen molar-refractivity contribution in [3.8, 4) is 23.2 Å². The third-order valence-electron chi connectivity index (χ3n) is 9.25. The number of fused-ring (bicyclic) bond motifs is 3. The molecular formula is C31H30ClF3N6O2S. The van der Waals surface area contributed by atoms with Crippen molar-refractivity contribution in [3.63, 3.8) is 0 Å². The maximum absolute atomic E-state index is 16.8. The first-order valence-electron chi connectivity index (χ1n) is 14.6. The van der Waals surface area contributed by atoms with Crippen molar-refractivity contribution in [2.45, 2.75) is 56.3 Å². The van der Waals surface area contributed by atoms with Gasteiger partial charge in [-0.1, -0.05) is 17.7 Å². The molecule has 7 rings (SSSR count). The Bertz CT molecular complexity index is 1860. The molecule has 3 N–H and O–H groups in total. The fourth-order valence-corrected chi connectivity index (χ4v) is 8.51. The van der Waals surface area contributed by atoms with E-state index in [1.807, 2.05) is 11.0 Å². The summed E-state index contributed by atoms with van der Waals surface area (Å²) < 4.78 is 52.3. The molecule has 2 aromatic carbocycles. The molecule has 3 aliphatic rings. The van der Waals surface area contributed by atoms with E-state index in [1.165, 1.54) is 12.1 Å². The Kier molecular flexibility index (Phi) is 7.08. The van der Waals surface area contributed by atoms with E-state index in [0.29, 0.717) is 43.6 Å². The predicted molar refractivity (Wildman–Crippen MR) is 165 cm³/mol. The smallest absolute Gasteiger partial charge is 0.319 e. The van der Waals surface area contributed by atoms with Gasteiger partial charge in [0.25, 0.3) is 0 Å². The van der Waals surface area contributed by atoms with Gasteiger partial charge in [0.05, 0.1) is 26.4 Å². The predicted octanol–water partition coefficient (Wildman–Crippen LogP) is 6.20. The molecular weight excluding hydrogens is 613 g/mol. The third-order valence-corrected chi connectivity index (χ3v) is 10.6. The van der Waals surface area contributed by atoms with Crippen LogP contribution in [0.1, 0.15) is 44.6 Å². The number of nitriles is 1. The zero-order valence-electron chi connectivity index (χ0n) is 24.0. The Morgan fingerprint density at radius 1 is 1.25 bits per heavy atom. The van der Waals surface area contributed by atoms with Gasteiger partial charge in [-0.05, 0) is 56.8 Å².